The zero-order valence-corrected chi connectivity index (χ0v) is 13.4. The molecule has 0 radical (unpaired) electrons. The van der Waals surface area contributed by atoms with E-state index in [1.165, 1.54) is 0 Å². The van der Waals surface area contributed by atoms with Crippen molar-refractivity contribution in [1.82, 2.24) is 9.88 Å². The molecule has 3 N–H and O–H groups in total. The van der Waals surface area contributed by atoms with Crippen molar-refractivity contribution in [1.29, 1.82) is 0 Å². The molecule has 2 amide bonds. The van der Waals surface area contributed by atoms with Crippen LogP contribution < -0.4 is 5.32 Å². The molecule has 6 heteroatoms. The summed E-state index contributed by atoms with van der Waals surface area (Å²) >= 11 is 0. The Balaban J connectivity index is 1.70. The van der Waals surface area contributed by atoms with Crippen LogP contribution in [0.5, 0.6) is 0 Å². The van der Waals surface area contributed by atoms with Gasteiger partial charge in [-0.05, 0) is 49.1 Å². The molecule has 1 saturated heterocycles. The minimum Gasteiger partial charge on any atom is -0.396 e. The lowest BCUT2D eigenvalue weighted by atomic mass is 9.98. The molecule has 0 saturated carbocycles. The highest BCUT2D eigenvalue weighted by Gasteiger charge is 2.24. The van der Waals surface area contributed by atoms with Gasteiger partial charge in [-0.3, -0.25) is 9.59 Å². The quantitative estimate of drug-likeness (QED) is 0.804. The van der Waals surface area contributed by atoms with E-state index in [9.17, 15) is 14.7 Å². The van der Waals surface area contributed by atoms with Gasteiger partial charge in [-0.2, -0.15) is 0 Å². The Bertz CT molecular complexity index is 712. The lowest BCUT2D eigenvalue weighted by Crippen LogP contribution is -2.40. The zero-order chi connectivity index (χ0) is 16.9. The van der Waals surface area contributed by atoms with Gasteiger partial charge in [0.05, 0.1) is 0 Å². The van der Waals surface area contributed by atoms with Crippen LogP contribution in [0.15, 0.2) is 42.6 Å². The first-order valence-electron chi connectivity index (χ1n) is 8.12. The van der Waals surface area contributed by atoms with E-state index in [4.69, 9.17) is 0 Å². The van der Waals surface area contributed by atoms with Crippen LogP contribution in [0.4, 0.5) is 5.69 Å². The second kappa shape index (κ2) is 7.31. The van der Waals surface area contributed by atoms with E-state index < -0.39 is 0 Å². The minimum absolute atomic E-state index is 0.0656. The van der Waals surface area contributed by atoms with E-state index in [1.54, 1.807) is 47.5 Å². The highest BCUT2D eigenvalue weighted by atomic mass is 16.3. The fraction of sp³-hybridized carbons (Fsp3) is 0.333. The van der Waals surface area contributed by atoms with Gasteiger partial charge in [-0.15, -0.1) is 0 Å². The van der Waals surface area contributed by atoms with Crippen molar-refractivity contribution in [3.63, 3.8) is 0 Å². The minimum atomic E-state index is -0.247. The number of carbonyl (C=O) groups is 2. The number of benzene rings is 1. The third kappa shape index (κ3) is 3.65. The summed E-state index contributed by atoms with van der Waals surface area (Å²) in [6, 6.07) is 10.4. The Morgan fingerprint density at radius 3 is 2.92 bits per heavy atom. The normalized spacial score (nSPS) is 17.5. The average Bonchev–Trinajstić information content (AvgIpc) is 3.16. The van der Waals surface area contributed by atoms with Crippen molar-refractivity contribution < 1.29 is 14.7 Å². The molecule has 1 fully saturated rings. The predicted octanol–water partition coefficient (Wildman–Crippen LogP) is 2.11. The number of nitrogens with zero attached hydrogens (tertiary/aromatic N) is 1. The Morgan fingerprint density at radius 1 is 1.29 bits per heavy atom. The van der Waals surface area contributed by atoms with E-state index in [2.05, 4.69) is 10.3 Å². The van der Waals surface area contributed by atoms with Gasteiger partial charge in [0.15, 0.2) is 0 Å². The van der Waals surface area contributed by atoms with Crippen molar-refractivity contribution in [2.45, 2.75) is 12.8 Å². The van der Waals surface area contributed by atoms with Gasteiger partial charge in [-0.1, -0.05) is 6.07 Å². The summed E-state index contributed by atoms with van der Waals surface area (Å²) < 4.78 is 0. The molecular formula is C18H21N3O3. The van der Waals surface area contributed by atoms with Crippen LogP contribution in [0.3, 0.4) is 0 Å². The van der Waals surface area contributed by atoms with Gasteiger partial charge < -0.3 is 20.3 Å². The number of aromatic nitrogens is 1. The standard InChI is InChI=1S/C18H21N3O3/c22-12-13-4-3-9-21(11-13)18(24)14-5-1-6-15(10-14)20-17(23)16-7-2-8-19-16/h1-2,5-8,10,13,19,22H,3-4,9,11-12H2,(H,20,23). The number of rotatable bonds is 4. The molecule has 0 spiro atoms. The van der Waals surface area contributed by atoms with E-state index in [0.717, 1.165) is 12.8 Å². The molecule has 3 rings (SSSR count). The fourth-order valence-corrected chi connectivity index (χ4v) is 2.98. The smallest absolute Gasteiger partial charge is 0.272 e. The molecule has 1 aromatic heterocycles. The molecule has 24 heavy (non-hydrogen) atoms. The largest absolute Gasteiger partial charge is 0.396 e. The molecule has 0 aliphatic carbocycles. The highest BCUT2D eigenvalue weighted by Crippen LogP contribution is 2.20. The lowest BCUT2D eigenvalue weighted by Gasteiger charge is -2.32. The summed E-state index contributed by atoms with van der Waals surface area (Å²) in [7, 11) is 0. The van der Waals surface area contributed by atoms with Crippen molar-refractivity contribution in [3.05, 3.63) is 53.9 Å². The lowest BCUT2D eigenvalue weighted by molar-refractivity contribution is 0.0620. The number of aliphatic hydroxyl groups is 1. The van der Waals surface area contributed by atoms with Crippen LogP contribution in [-0.2, 0) is 0 Å². The summed E-state index contributed by atoms with van der Waals surface area (Å²) in [5.41, 5.74) is 1.59. The predicted molar refractivity (Wildman–Crippen MR) is 90.9 cm³/mol. The SMILES string of the molecule is O=C(Nc1cccc(C(=O)N2CCCC(CO)C2)c1)c1ccc[nH]1. The Hall–Kier alpha value is -2.60. The van der Waals surface area contributed by atoms with Crippen molar-refractivity contribution >= 4 is 17.5 Å². The van der Waals surface area contributed by atoms with Gasteiger partial charge in [0.25, 0.3) is 11.8 Å². The van der Waals surface area contributed by atoms with Crippen molar-refractivity contribution in [2.75, 3.05) is 25.0 Å². The molecule has 1 aliphatic rings. The summed E-state index contributed by atoms with van der Waals surface area (Å²) in [5, 5.41) is 12.1. The first-order valence-corrected chi connectivity index (χ1v) is 8.12. The number of hydrogen-bond donors (Lipinski definition) is 3. The molecule has 0 bridgehead atoms. The first-order chi connectivity index (χ1) is 11.7. The summed E-state index contributed by atoms with van der Waals surface area (Å²) in [6.45, 7) is 1.39. The van der Waals surface area contributed by atoms with E-state index in [-0.39, 0.29) is 24.3 Å². The summed E-state index contributed by atoms with van der Waals surface area (Å²) in [5.74, 6) is -0.162. The summed E-state index contributed by atoms with van der Waals surface area (Å²) in [4.78, 5) is 29.3. The molecule has 1 atom stereocenters. The number of piperidine rings is 1. The van der Waals surface area contributed by atoms with Crippen molar-refractivity contribution in [3.8, 4) is 0 Å². The van der Waals surface area contributed by atoms with Gasteiger partial charge in [0, 0.05) is 37.1 Å². The molecule has 1 aromatic carbocycles. The zero-order valence-electron chi connectivity index (χ0n) is 13.4. The monoisotopic (exact) mass is 327 g/mol. The van der Waals surface area contributed by atoms with Crippen LogP contribution in [0.25, 0.3) is 0 Å². The number of H-pyrrole nitrogens is 1. The maximum atomic E-state index is 12.7. The van der Waals surface area contributed by atoms with E-state index in [0.29, 0.717) is 30.0 Å². The fourth-order valence-electron chi connectivity index (χ4n) is 2.98. The van der Waals surface area contributed by atoms with Crippen LogP contribution in [0.1, 0.15) is 33.7 Å². The van der Waals surface area contributed by atoms with Crippen molar-refractivity contribution in [2.24, 2.45) is 5.92 Å². The van der Waals surface area contributed by atoms with Crippen LogP contribution in [0, 0.1) is 5.92 Å². The molecular weight excluding hydrogens is 306 g/mol. The maximum Gasteiger partial charge on any atom is 0.272 e. The number of aromatic amines is 1. The summed E-state index contributed by atoms with van der Waals surface area (Å²) in [6.07, 6.45) is 3.54. The first kappa shape index (κ1) is 16.3. The van der Waals surface area contributed by atoms with E-state index >= 15 is 0 Å². The number of nitrogens with one attached hydrogen (secondary N) is 2. The number of aliphatic hydroxyl groups excluding tert-OH is 1. The number of hydrogen-bond acceptors (Lipinski definition) is 3. The topological polar surface area (TPSA) is 85.4 Å². The Kier molecular flexibility index (Phi) is 4.96. The number of amides is 2. The van der Waals surface area contributed by atoms with Crippen LogP contribution >= 0.6 is 0 Å². The molecule has 2 aromatic rings. The second-order valence-corrected chi connectivity index (χ2v) is 6.06. The molecule has 1 aliphatic heterocycles. The third-order valence-corrected chi connectivity index (χ3v) is 4.27. The molecule has 1 unspecified atom stereocenters. The Morgan fingerprint density at radius 2 is 2.17 bits per heavy atom. The van der Waals surface area contributed by atoms with Gasteiger partial charge >= 0.3 is 0 Å². The Labute approximate surface area is 140 Å². The molecule has 6 nitrogen and oxygen atoms in total. The number of likely N-dealkylation sites (tertiary alicyclic amines) is 1. The molecule has 2 heterocycles. The second-order valence-electron chi connectivity index (χ2n) is 6.06. The van der Waals surface area contributed by atoms with Gasteiger partial charge in [0.2, 0.25) is 0 Å². The third-order valence-electron chi connectivity index (χ3n) is 4.27. The highest BCUT2D eigenvalue weighted by molar-refractivity contribution is 6.04. The van der Waals surface area contributed by atoms with Gasteiger partial charge in [-0.25, -0.2) is 0 Å². The van der Waals surface area contributed by atoms with E-state index in [1.807, 2.05) is 0 Å². The van der Waals surface area contributed by atoms with Crippen LogP contribution in [0.2, 0.25) is 0 Å². The van der Waals surface area contributed by atoms with Gasteiger partial charge in [0.1, 0.15) is 5.69 Å². The maximum absolute atomic E-state index is 12.7. The average molecular weight is 327 g/mol. The number of anilines is 1. The van der Waals surface area contributed by atoms with Crippen LogP contribution in [-0.4, -0.2) is 46.5 Å². The molecule has 126 valence electrons. The number of carbonyl (C=O) groups excluding carboxylic acids is 2.